The normalized spacial score (nSPS) is 21.0. The van der Waals surface area contributed by atoms with E-state index in [1.54, 1.807) is 0 Å². The molecule has 2 saturated heterocycles. The van der Waals surface area contributed by atoms with Crippen molar-refractivity contribution in [3.05, 3.63) is 0 Å². The molecular weight excluding hydrogens is 560 g/mol. The number of hydrogen-bond donors (Lipinski definition) is 7. The Hall–Kier alpha value is -3.30. The van der Waals surface area contributed by atoms with Crippen LogP contribution in [0.1, 0.15) is 78.1 Å². The maximum Gasteiger partial charge on any atom is 0.326 e. The first kappa shape index (κ1) is 35.9. The first-order chi connectivity index (χ1) is 20.4. The molecule has 0 aromatic rings. The van der Waals surface area contributed by atoms with Gasteiger partial charge in [0.15, 0.2) is 0 Å². The van der Waals surface area contributed by atoms with Crippen molar-refractivity contribution >= 4 is 35.5 Å². The number of unbranched alkanes of at least 4 members (excludes halogenated alkanes) is 2. The van der Waals surface area contributed by atoms with E-state index in [1.165, 1.54) is 23.6 Å². The Bertz CT molecular complexity index is 994. The highest BCUT2D eigenvalue weighted by Crippen LogP contribution is 2.21. The molecule has 2 aliphatic heterocycles. The van der Waals surface area contributed by atoms with Crippen molar-refractivity contribution in [3.63, 3.8) is 0 Å². The highest BCUT2D eigenvalue weighted by Gasteiger charge is 2.40. The Kier molecular flexibility index (Phi) is 14.8. The lowest BCUT2D eigenvalue weighted by Crippen LogP contribution is -2.58. The molecular formula is C28H50N8O7. The molecule has 2 heterocycles. The molecule has 0 aromatic carbocycles. The summed E-state index contributed by atoms with van der Waals surface area (Å²) >= 11 is 0. The van der Waals surface area contributed by atoms with Crippen molar-refractivity contribution in [2.45, 2.75) is 114 Å². The molecule has 43 heavy (non-hydrogen) atoms. The van der Waals surface area contributed by atoms with Crippen LogP contribution in [0.15, 0.2) is 0 Å². The Morgan fingerprint density at radius 3 is 1.67 bits per heavy atom. The first-order valence-corrected chi connectivity index (χ1v) is 15.3. The second-order valence-electron chi connectivity index (χ2n) is 11.4. The minimum absolute atomic E-state index is 0.273. The average molecular weight is 611 g/mol. The van der Waals surface area contributed by atoms with Gasteiger partial charge in [-0.1, -0.05) is 0 Å². The largest absolute Gasteiger partial charge is 0.480 e. The van der Waals surface area contributed by atoms with Gasteiger partial charge in [0.05, 0.1) is 6.04 Å². The number of carbonyl (C=O) groups is 6. The number of carbonyl (C=O) groups excluding carboxylic acids is 5. The van der Waals surface area contributed by atoms with Crippen LogP contribution in [0.25, 0.3) is 0 Å². The molecule has 5 amide bonds. The minimum Gasteiger partial charge on any atom is -0.480 e. The van der Waals surface area contributed by atoms with Crippen LogP contribution in [0.3, 0.4) is 0 Å². The summed E-state index contributed by atoms with van der Waals surface area (Å²) in [6, 6.07) is -5.46. The van der Waals surface area contributed by atoms with Crippen molar-refractivity contribution in [1.29, 1.82) is 0 Å². The number of aliphatic carboxylic acids is 1. The lowest BCUT2D eigenvalue weighted by atomic mass is 10.1. The van der Waals surface area contributed by atoms with E-state index in [0.29, 0.717) is 77.4 Å². The third-order valence-corrected chi connectivity index (χ3v) is 7.95. The van der Waals surface area contributed by atoms with Gasteiger partial charge in [0.1, 0.15) is 30.2 Å². The van der Waals surface area contributed by atoms with Gasteiger partial charge in [0.2, 0.25) is 29.5 Å². The van der Waals surface area contributed by atoms with E-state index in [-0.39, 0.29) is 13.0 Å². The molecule has 0 unspecified atom stereocenters. The Labute approximate surface area is 253 Å². The topological polar surface area (TPSA) is 243 Å². The van der Waals surface area contributed by atoms with Crippen LogP contribution < -0.4 is 33.2 Å². The number of nitrogens with two attached hydrogens (primary N) is 3. The van der Waals surface area contributed by atoms with E-state index >= 15 is 0 Å². The molecule has 0 radical (unpaired) electrons. The van der Waals surface area contributed by atoms with E-state index in [1.807, 2.05) is 0 Å². The van der Waals surface area contributed by atoms with Crippen LogP contribution in [0.5, 0.6) is 0 Å². The number of carboxylic acid groups (broad SMARTS) is 1. The number of likely N-dealkylation sites (tertiary alicyclic amines) is 2. The summed E-state index contributed by atoms with van der Waals surface area (Å²) in [7, 11) is 0. The maximum absolute atomic E-state index is 13.5. The van der Waals surface area contributed by atoms with Crippen LogP contribution in [0.2, 0.25) is 0 Å². The summed E-state index contributed by atoms with van der Waals surface area (Å²) < 4.78 is 0. The molecule has 0 aliphatic carbocycles. The van der Waals surface area contributed by atoms with Crippen molar-refractivity contribution in [2.24, 2.45) is 17.2 Å². The highest BCUT2D eigenvalue weighted by atomic mass is 16.4. The van der Waals surface area contributed by atoms with Gasteiger partial charge in [-0.05, 0) is 91.1 Å². The van der Waals surface area contributed by atoms with E-state index in [2.05, 4.69) is 16.0 Å². The summed E-state index contributed by atoms with van der Waals surface area (Å²) in [6.07, 6.45) is 4.90. The molecule has 0 saturated carbocycles. The quantitative estimate of drug-likeness (QED) is 0.0905. The fourth-order valence-electron chi connectivity index (χ4n) is 5.47. The van der Waals surface area contributed by atoms with Gasteiger partial charge in [-0.25, -0.2) is 4.79 Å². The number of nitrogens with one attached hydrogen (secondary N) is 3. The smallest absolute Gasteiger partial charge is 0.326 e. The van der Waals surface area contributed by atoms with E-state index in [0.717, 1.165) is 0 Å². The van der Waals surface area contributed by atoms with Gasteiger partial charge in [-0.2, -0.15) is 0 Å². The summed E-state index contributed by atoms with van der Waals surface area (Å²) in [4.78, 5) is 79.8. The molecule has 2 aliphatic rings. The lowest BCUT2D eigenvalue weighted by molar-refractivity contribution is -0.149. The fourth-order valence-corrected chi connectivity index (χ4v) is 5.47. The number of nitrogens with zero attached hydrogens (tertiary/aromatic N) is 2. The zero-order chi connectivity index (χ0) is 32.1. The van der Waals surface area contributed by atoms with E-state index in [4.69, 9.17) is 17.2 Å². The van der Waals surface area contributed by atoms with Gasteiger partial charge in [-0.3, -0.25) is 24.0 Å². The summed E-state index contributed by atoms with van der Waals surface area (Å²) in [5.41, 5.74) is 16.9. The van der Waals surface area contributed by atoms with Gasteiger partial charge < -0.3 is 48.1 Å². The number of rotatable bonds is 17. The van der Waals surface area contributed by atoms with Gasteiger partial charge in [-0.15, -0.1) is 0 Å². The summed E-state index contributed by atoms with van der Waals surface area (Å²) in [6.45, 7) is 4.44. The lowest BCUT2D eigenvalue weighted by Gasteiger charge is -2.30. The van der Waals surface area contributed by atoms with Crippen molar-refractivity contribution in [2.75, 3.05) is 26.2 Å². The molecule has 10 N–H and O–H groups in total. The Balaban J connectivity index is 2.08. The minimum atomic E-state index is -1.09. The second kappa shape index (κ2) is 17.7. The summed E-state index contributed by atoms with van der Waals surface area (Å²) in [5, 5.41) is 17.5. The van der Waals surface area contributed by atoms with E-state index < -0.39 is 71.8 Å². The Morgan fingerprint density at radius 2 is 1.21 bits per heavy atom. The fraction of sp³-hybridized carbons (Fsp3) is 0.786. The average Bonchev–Trinajstić information content (AvgIpc) is 3.66. The monoisotopic (exact) mass is 610 g/mol. The van der Waals surface area contributed by atoms with Crippen LogP contribution in [0.4, 0.5) is 0 Å². The first-order valence-electron chi connectivity index (χ1n) is 15.3. The van der Waals surface area contributed by atoms with Crippen LogP contribution in [0, 0.1) is 0 Å². The van der Waals surface area contributed by atoms with Gasteiger partial charge >= 0.3 is 5.97 Å². The molecule has 244 valence electrons. The van der Waals surface area contributed by atoms with Crippen LogP contribution in [-0.4, -0.2) is 113 Å². The number of hydrogen-bond acceptors (Lipinski definition) is 9. The molecule has 15 nitrogen and oxygen atoms in total. The second-order valence-corrected chi connectivity index (χ2v) is 11.4. The zero-order valence-electron chi connectivity index (χ0n) is 25.4. The predicted molar refractivity (Wildman–Crippen MR) is 158 cm³/mol. The molecule has 0 aromatic heterocycles. The van der Waals surface area contributed by atoms with Crippen molar-refractivity contribution in [3.8, 4) is 0 Å². The molecule has 6 atom stereocenters. The molecule has 2 fully saturated rings. The molecule has 15 heteroatoms. The number of carboxylic acids is 1. The molecule has 0 spiro atoms. The SMILES string of the molecule is C[C@H](N)C(=O)N[C@@H](CCCCN)C(=O)N1CCC[C@H]1C(=O)N[C@@H](C)C(=O)N[C@@H](CCCCN)C(=O)N1CCC[C@H]1C(=O)O. The van der Waals surface area contributed by atoms with Gasteiger partial charge in [0.25, 0.3) is 0 Å². The molecule has 2 rings (SSSR count). The summed E-state index contributed by atoms with van der Waals surface area (Å²) in [5.74, 6) is -3.57. The van der Waals surface area contributed by atoms with Crippen molar-refractivity contribution in [1.82, 2.24) is 25.8 Å². The standard InChI is InChI=1S/C28H50N8O7/c1-17(31)23(37)33-19(9-3-5-13-29)26(40)35-15-7-11-21(35)25(39)32-18(2)24(38)34-20(10-4-6-14-30)27(41)36-16-8-12-22(36)28(42)43/h17-22H,3-16,29-31H2,1-2H3,(H,32,39)(H,33,37)(H,34,38)(H,42,43)/t17-,18-,19-,20-,21-,22-/m0/s1. The third kappa shape index (κ3) is 10.4. The zero-order valence-corrected chi connectivity index (χ0v) is 25.4. The number of amides is 5. The van der Waals surface area contributed by atoms with Crippen molar-refractivity contribution < 1.29 is 33.9 Å². The van der Waals surface area contributed by atoms with Crippen LogP contribution in [-0.2, 0) is 28.8 Å². The Morgan fingerprint density at radius 1 is 0.744 bits per heavy atom. The predicted octanol–water partition coefficient (Wildman–Crippen LogP) is -1.87. The third-order valence-electron chi connectivity index (χ3n) is 7.95. The highest BCUT2D eigenvalue weighted by molar-refractivity contribution is 5.96. The van der Waals surface area contributed by atoms with Gasteiger partial charge in [0, 0.05) is 13.1 Å². The maximum atomic E-state index is 13.5. The molecule has 0 bridgehead atoms. The van der Waals surface area contributed by atoms with E-state index in [9.17, 15) is 33.9 Å². The van der Waals surface area contributed by atoms with Crippen LogP contribution >= 0.6 is 0 Å².